The number of aromatic nitrogens is 2. The summed E-state index contributed by atoms with van der Waals surface area (Å²) in [6.07, 6.45) is 3.63. The van der Waals surface area contributed by atoms with Crippen molar-refractivity contribution in [3.8, 4) is 11.4 Å². The van der Waals surface area contributed by atoms with E-state index in [1.807, 2.05) is 36.5 Å². The van der Waals surface area contributed by atoms with Gasteiger partial charge in [0, 0.05) is 17.8 Å². The van der Waals surface area contributed by atoms with Crippen molar-refractivity contribution in [3.05, 3.63) is 76.8 Å². The van der Waals surface area contributed by atoms with Crippen molar-refractivity contribution in [1.29, 1.82) is 0 Å². The first-order chi connectivity index (χ1) is 10.2. The van der Waals surface area contributed by atoms with Gasteiger partial charge in [-0.3, -0.25) is 0 Å². The fourth-order valence-corrected chi connectivity index (χ4v) is 2.27. The van der Waals surface area contributed by atoms with E-state index in [2.05, 4.69) is 21.0 Å². The van der Waals surface area contributed by atoms with Crippen molar-refractivity contribution in [1.82, 2.24) is 9.78 Å². The van der Waals surface area contributed by atoms with E-state index >= 15 is 0 Å². The maximum Gasteiger partial charge on any atom is 0.136 e. The van der Waals surface area contributed by atoms with Crippen LogP contribution in [0.4, 0.5) is 4.39 Å². The maximum absolute atomic E-state index is 13.2. The summed E-state index contributed by atoms with van der Waals surface area (Å²) in [5.74, 6) is 0.149. The standard InChI is InChI=1S/C16H12BrFN2O/c17-15-7-6-13(18)8-16(15)21-11-12-9-19-20(10-12)14-4-2-1-3-5-14/h1-10H,11H2. The van der Waals surface area contributed by atoms with E-state index in [9.17, 15) is 4.39 Å². The summed E-state index contributed by atoms with van der Waals surface area (Å²) in [4.78, 5) is 0. The van der Waals surface area contributed by atoms with Crippen molar-refractivity contribution >= 4 is 15.9 Å². The monoisotopic (exact) mass is 346 g/mol. The highest BCUT2D eigenvalue weighted by molar-refractivity contribution is 9.10. The predicted octanol–water partition coefficient (Wildman–Crippen LogP) is 4.35. The molecule has 0 unspecified atom stereocenters. The third-order valence-electron chi connectivity index (χ3n) is 2.94. The Kier molecular flexibility index (Phi) is 4.01. The average Bonchev–Trinajstić information content (AvgIpc) is 2.98. The minimum absolute atomic E-state index is 0.326. The van der Waals surface area contributed by atoms with Crippen LogP contribution in [0.15, 0.2) is 65.4 Å². The summed E-state index contributed by atoms with van der Waals surface area (Å²) in [5.41, 5.74) is 1.89. The Morgan fingerprint density at radius 1 is 1.14 bits per heavy atom. The largest absolute Gasteiger partial charge is 0.487 e. The fourth-order valence-electron chi connectivity index (χ4n) is 1.91. The van der Waals surface area contributed by atoms with Gasteiger partial charge in [0.15, 0.2) is 0 Å². The topological polar surface area (TPSA) is 27.1 Å². The summed E-state index contributed by atoms with van der Waals surface area (Å²) in [6, 6.07) is 14.2. The fraction of sp³-hybridized carbons (Fsp3) is 0.0625. The van der Waals surface area contributed by atoms with Crippen LogP contribution in [0.2, 0.25) is 0 Å². The number of hydrogen-bond donors (Lipinski definition) is 0. The summed E-state index contributed by atoms with van der Waals surface area (Å²) in [5, 5.41) is 4.29. The number of rotatable bonds is 4. The van der Waals surface area contributed by atoms with Crippen LogP contribution in [0.3, 0.4) is 0 Å². The van der Waals surface area contributed by atoms with E-state index in [4.69, 9.17) is 4.74 Å². The number of para-hydroxylation sites is 1. The molecule has 0 saturated carbocycles. The Morgan fingerprint density at radius 3 is 2.76 bits per heavy atom. The lowest BCUT2D eigenvalue weighted by atomic mass is 10.3. The molecule has 0 fully saturated rings. The van der Waals surface area contributed by atoms with Crippen LogP contribution in [-0.4, -0.2) is 9.78 Å². The summed E-state index contributed by atoms with van der Waals surface area (Å²) in [6.45, 7) is 0.328. The zero-order valence-corrected chi connectivity index (χ0v) is 12.6. The summed E-state index contributed by atoms with van der Waals surface area (Å²) in [7, 11) is 0. The first-order valence-electron chi connectivity index (χ1n) is 6.39. The van der Waals surface area contributed by atoms with Crippen molar-refractivity contribution in [2.24, 2.45) is 0 Å². The number of hydrogen-bond acceptors (Lipinski definition) is 2. The van der Waals surface area contributed by atoms with Gasteiger partial charge in [-0.25, -0.2) is 9.07 Å². The molecule has 0 aliphatic heterocycles. The second-order valence-electron chi connectivity index (χ2n) is 4.49. The van der Waals surface area contributed by atoms with Gasteiger partial charge in [0.2, 0.25) is 0 Å². The van der Waals surface area contributed by atoms with Crippen LogP contribution in [0, 0.1) is 5.82 Å². The molecule has 2 aromatic carbocycles. The maximum atomic E-state index is 13.2. The van der Waals surface area contributed by atoms with E-state index in [-0.39, 0.29) is 5.82 Å². The molecule has 3 rings (SSSR count). The van der Waals surface area contributed by atoms with Gasteiger partial charge in [0.1, 0.15) is 18.2 Å². The van der Waals surface area contributed by atoms with Crippen LogP contribution >= 0.6 is 15.9 Å². The number of halogens is 2. The van der Waals surface area contributed by atoms with Crippen molar-refractivity contribution in [3.63, 3.8) is 0 Å². The molecule has 0 saturated heterocycles. The molecule has 0 N–H and O–H groups in total. The molecule has 0 aliphatic rings. The van der Waals surface area contributed by atoms with E-state index < -0.39 is 0 Å². The smallest absolute Gasteiger partial charge is 0.136 e. The normalized spacial score (nSPS) is 10.6. The molecule has 0 radical (unpaired) electrons. The van der Waals surface area contributed by atoms with Gasteiger partial charge in [-0.15, -0.1) is 0 Å². The van der Waals surface area contributed by atoms with E-state index in [0.717, 1.165) is 15.7 Å². The molecule has 0 amide bonds. The van der Waals surface area contributed by atoms with Crippen molar-refractivity contribution in [2.75, 3.05) is 0 Å². The van der Waals surface area contributed by atoms with Gasteiger partial charge in [0.05, 0.1) is 16.4 Å². The van der Waals surface area contributed by atoms with Crippen molar-refractivity contribution < 1.29 is 9.13 Å². The molecule has 5 heteroatoms. The molecule has 21 heavy (non-hydrogen) atoms. The molecular formula is C16H12BrFN2O. The molecule has 3 aromatic rings. The summed E-state index contributed by atoms with van der Waals surface area (Å²) < 4.78 is 21.3. The van der Waals surface area contributed by atoms with Crippen LogP contribution in [0.25, 0.3) is 5.69 Å². The van der Waals surface area contributed by atoms with Gasteiger partial charge < -0.3 is 4.74 Å². The van der Waals surface area contributed by atoms with E-state index in [0.29, 0.717) is 12.4 Å². The average molecular weight is 347 g/mol. The first kappa shape index (κ1) is 13.8. The number of nitrogens with zero attached hydrogens (tertiary/aromatic N) is 2. The van der Waals surface area contributed by atoms with Crippen LogP contribution in [0.1, 0.15) is 5.56 Å². The van der Waals surface area contributed by atoms with Gasteiger partial charge >= 0.3 is 0 Å². The van der Waals surface area contributed by atoms with Crippen LogP contribution < -0.4 is 4.74 Å². The number of ether oxygens (including phenoxy) is 1. The molecule has 0 aliphatic carbocycles. The lowest BCUT2D eigenvalue weighted by Crippen LogP contribution is -1.96. The second-order valence-corrected chi connectivity index (χ2v) is 5.35. The predicted molar refractivity (Wildman–Crippen MR) is 82.0 cm³/mol. The van der Waals surface area contributed by atoms with Crippen LogP contribution in [0.5, 0.6) is 5.75 Å². The molecule has 1 heterocycles. The molecule has 1 aromatic heterocycles. The Morgan fingerprint density at radius 2 is 1.95 bits per heavy atom. The molecule has 3 nitrogen and oxygen atoms in total. The lowest BCUT2D eigenvalue weighted by Gasteiger charge is -2.06. The highest BCUT2D eigenvalue weighted by Crippen LogP contribution is 2.26. The van der Waals surface area contributed by atoms with Crippen LogP contribution in [-0.2, 0) is 6.61 Å². The van der Waals surface area contributed by atoms with Gasteiger partial charge in [-0.2, -0.15) is 5.10 Å². The second kappa shape index (κ2) is 6.10. The van der Waals surface area contributed by atoms with Crippen molar-refractivity contribution in [2.45, 2.75) is 6.61 Å². The Hall–Kier alpha value is -2.14. The zero-order chi connectivity index (χ0) is 14.7. The third-order valence-corrected chi connectivity index (χ3v) is 3.60. The quantitative estimate of drug-likeness (QED) is 0.702. The molecule has 0 spiro atoms. The molecule has 0 bridgehead atoms. The minimum Gasteiger partial charge on any atom is -0.487 e. The highest BCUT2D eigenvalue weighted by Gasteiger charge is 2.05. The SMILES string of the molecule is Fc1ccc(Br)c(OCc2cnn(-c3ccccc3)c2)c1. The summed E-state index contributed by atoms with van der Waals surface area (Å²) >= 11 is 3.33. The molecule has 106 valence electrons. The van der Waals surface area contributed by atoms with Gasteiger partial charge in [0.25, 0.3) is 0 Å². The first-order valence-corrected chi connectivity index (χ1v) is 7.18. The Balaban J connectivity index is 1.72. The molecule has 0 atom stereocenters. The van der Waals surface area contributed by atoms with E-state index in [1.165, 1.54) is 12.1 Å². The lowest BCUT2D eigenvalue weighted by molar-refractivity contribution is 0.302. The third kappa shape index (κ3) is 3.31. The Bertz CT molecular complexity index is 743. The van der Waals surface area contributed by atoms with Gasteiger partial charge in [-0.05, 0) is 40.2 Å². The number of benzene rings is 2. The molecular weight excluding hydrogens is 335 g/mol. The van der Waals surface area contributed by atoms with Gasteiger partial charge in [-0.1, -0.05) is 18.2 Å². The Labute approximate surface area is 130 Å². The minimum atomic E-state index is -0.326. The highest BCUT2D eigenvalue weighted by atomic mass is 79.9. The van der Waals surface area contributed by atoms with E-state index in [1.54, 1.807) is 16.9 Å². The zero-order valence-electron chi connectivity index (χ0n) is 11.0.